The van der Waals surface area contributed by atoms with Crippen LogP contribution in [0.5, 0.6) is 0 Å². The van der Waals surface area contributed by atoms with Crippen molar-refractivity contribution in [2.75, 3.05) is 0 Å². The average molecular weight is 192 g/mol. The summed E-state index contributed by atoms with van der Waals surface area (Å²) >= 11 is 3.01. The van der Waals surface area contributed by atoms with Crippen LogP contribution in [0.25, 0.3) is 0 Å². The van der Waals surface area contributed by atoms with Crippen molar-refractivity contribution in [2.45, 2.75) is 13.0 Å². The molecule has 0 aliphatic carbocycles. The molecular weight excluding hydrogens is 186 g/mol. The van der Waals surface area contributed by atoms with Crippen LogP contribution in [-0.4, -0.2) is 10.1 Å². The second-order valence-corrected chi connectivity index (χ2v) is 2.38. The molecule has 0 spiro atoms. The molecule has 3 nitrogen and oxygen atoms in total. The summed E-state index contributed by atoms with van der Waals surface area (Å²) < 4.78 is 4.77. The molecule has 1 rings (SSSR count). The molecule has 1 N–H and O–H groups in total. The molecule has 1 atom stereocenters. The Morgan fingerprint density at radius 3 is 2.78 bits per heavy atom. The van der Waals surface area contributed by atoms with Gasteiger partial charge >= 0.3 is 0 Å². The van der Waals surface area contributed by atoms with Crippen molar-refractivity contribution in [1.29, 1.82) is 0 Å². The second-order valence-electron chi connectivity index (χ2n) is 1.70. The molecule has 0 bridgehead atoms. The molecule has 1 aromatic heterocycles. The Labute approximate surface area is 60.8 Å². The van der Waals surface area contributed by atoms with Crippen LogP contribution in [0.3, 0.4) is 0 Å². The highest BCUT2D eigenvalue weighted by molar-refractivity contribution is 9.10. The van der Waals surface area contributed by atoms with E-state index in [1.54, 1.807) is 6.92 Å². The minimum Gasteiger partial charge on any atom is -0.439 e. The smallest absolute Gasteiger partial charge is 0.264 e. The minimum atomic E-state index is -0.556. The Balaban J connectivity index is 2.85. The lowest BCUT2D eigenvalue weighted by molar-refractivity contribution is 0.194. The Morgan fingerprint density at radius 1 is 1.89 bits per heavy atom. The Morgan fingerprint density at radius 2 is 2.56 bits per heavy atom. The van der Waals surface area contributed by atoms with Gasteiger partial charge in [-0.2, -0.15) is 0 Å². The van der Waals surface area contributed by atoms with Gasteiger partial charge in [-0.3, -0.25) is 0 Å². The molecule has 0 radical (unpaired) electrons. The zero-order valence-electron chi connectivity index (χ0n) is 4.84. The molecule has 4 heteroatoms. The van der Waals surface area contributed by atoms with Gasteiger partial charge in [-0.1, -0.05) is 0 Å². The fraction of sp³-hybridized carbons (Fsp3) is 0.400. The number of hydrogen-bond donors (Lipinski definition) is 1. The van der Waals surface area contributed by atoms with E-state index in [0.29, 0.717) is 10.5 Å². The maximum absolute atomic E-state index is 8.89. The minimum absolute atomic E-state index is 0.401. The van der Waals surface area contributed by atoms with Gasteiger partial charge in [0.2, 0.25) is 0 Å². The first-order chi connectivity index (χ1) is 4.20. The first kappa shape index (κ1) is 6.77. The topological polar surface area (TPSA) is 46.3 Å². The summed E-state index contributed by atoms with van der Waals surface area (Å²) in [6.07, 6.45) is 0.856. The van der Waals surface area contributed by atoms with Crippen molar-refractivity contribution in [3.05, 3.63) is 16.8 Å². The van der Waals surface area contributed by atoms with Crippen LogP contribution in [0.4, 0.5) is 0 Å². The third kappa shape index (κ3) is 1.53. The SMILES string of the molecule is CC(O)c1coc(Br)n1. The molecule has 9 heavy (non-hydrogen) atoms. The summed E-state index contributed by atoms with van der Waals surface area (Å²) in [7, 11) is 0. The lowest BCUT2D eigenvalue weighted by Gasteiger charge is -1.92. The van der Waals surface area contributed by atoms with E-state index in [1.807, 2.05) is 0 Å². The van der Waals surface area contributed by atoms with E-state index in [4.69, 9.17) is 9.52 Å². The van der Waals surface area contributed by atoms with E-state index >= 15 is 0 Å². The number of aromatic nitrogens is 1. The molecule has 0 saturated heterocycles. The van der Waals surface area contributed by atoms with E-state index in [1.165, 1.54) is 6.26 Å². The predicted molar refractivity (Wildman–Crippen MR) is 34.8 cm³/mol. The van der Waals surface area contributed by atoms with Crippen LogP contribution in [0, 0.1) is 0 Å². The molecule has 0 fully saturated rings. The maximum atomic E-state index is 8.89. The molecule has 0 saturated carbocycles. The van der Waals surface area contributed by atoms with Gasteiger partial charge in [-0.05, 0) is 6.92 Å². The highest BCUT2D eigenvalue weighted by atomic mass is 79.9. The summed E-state index contributed by atoms with van der Waals surface area (Å²) in [5.74, 6) is 0. The van der Waals surface area contributed by atoms with Crippen LogP contribution < -0.4 is 0 Å². The molecule has 0 amide bonds. The zero-order valence-corrected chi connectivity index (χ0v) is 6.42. The Bertz CT molecular complexity index is 197. The summed E-state index contributed by atoms with van der Waals surface area (Å²) in [4.78, 5) is 4.21. The monoisotopic (exact) mass is 191 g/mol. The van der Waals surface area contributed by atoms with Gasteiger partial charge in [0, 0.05) is 15.9 Å². The highest BCUT2D eigenvalue weighted by Crippen LogP contribution is 2.14. The Kier molecular flexibility index (Phi) is 1.87. The molecule has 1 aromatic rings. The van der Waals surface area contributed by atoms with E-state index < -0.39 is 6.10 Å². The van der Waals surface area contributed by atoms with Crippen LogP contribution >= 0.6 is 15.9 Å². The predicted octanol–water partition coefficient (Wildman–Crippen LogP) is 1.49. The standard InChI is InChI=1S/C5H6BrNO2/c1-3(8)4-2-9-5(6)7-4/h2-3,8H,1H3. The van der Waals surface area contributed by atoms with Crippen molar-refractivity contribution in [2.24, 2.45) is 0 Å². The Hall–Kier alpha value is -0.350. The van der Waals surface area contributed by atoms with Crippen LogP contribution in [0.15, 0.2) is 15.5 Å². The number of aliphatic hydroxyl groups is 1. The first-order valence-corrected chi connectivity index (χ1v) is 3.28. The summed E-state index contributed by atoms with van der Waals surface area (Å²) in [6.45, 7) is 1.63. The van der Waals surface area contributed by atoms with Gasteiger partial charge < -0.3 is 9.52 Å². The summed E-state index contributed by atoms with van der Waals surface area (Å²) in [5.41, 5.74) is 0.543. The molecule has 50 valence electrons. The van der Waals surface area contributed by atoms with Crippen molar-refractivity contribution < 1.29 is 9.52 Å². The van der Waals surface area contributed by atoms with Crippen molar-refractivity contribution >= 4 is 15.9 Å². The van der Waals surface area contributed by atoms with Gasteiger partial charge in [-0.15, -0.1) is 0 Å². The average Bonchev–Trinajstić information content (AvgIpc) is 2.14. The van der Waals surface area contributed by atoms with Gasteiger partial charge in [0.25, 0.3) is 4.80 Å². The fourth-order valence-corrected chi connectivity index (χ4v) is 0.753. The number of oxazole rings is 1. The number of hydrogen-bond acceptors (Lipinski definition) is 3. The summed E-state index contributed by atoms with van der Waals surface area (Å²) in [5, 5.41) is 8.89. The third-order valence-corrected chi connectivity index (χ3v) is 1.29. The van der Waals surface area contributed by atoms with Gasteiger partial charge in [0.1, 0.15) is 12.0 Å². The first-order valence-electron chi connectivity index (χ1n) is 2.49. The van der Waals surface area contributed by atoms with Gasteiger partial charge in [-0.25, -0.2) is 4.98 Å². The van der Waals surface area contributed by atoms with Crippen LogP contribution in [0.1, 0.15) is 18.7 Å². The van der Waals surface area contributed by atoms with Crippen LogP contribution in [0.2, 0.25) is 0 Å². The molecule has 0 aliphatic heterocycles. The van der Waals surface area contributed by atoms with E-state index in [0.717, 1.165) is 0 Å². The molecule has 0 aromatic carbocycles. The normalized spacial score (nSPS) is 13.7. The number of rotatable bonds is 1. The molecule has 1 heterocycles. The van der Waals surface area contributed by atoms with E-state index in [2.05, 4.69) is 20.9 Å². The summed E-state index contributed by atoms with van der Waals surface area (Å²) in [6, 6.07) is 0. The zero-order chi connectivity index (χ0) is 6.85. The van der Waals surface area contributed by atoms with E-state index in [9.17, 15) is 0 Å². The van der Waals surface area contributed by atoms with Gasteiger partial charge in [0.05, 0.1) is 6.10 Å². The lowest BCUT2D eigenvalue weighted by Crippen LogP contribution is -1.89. The highest BCUT2D eigenvalue weighted by Gasteiger charge is 2.04. The molecule has 1 unspecified atom stereocenters. The second kappa shape index (κ2) is 2.49. The maximum Gasteiger partial charge on any atom is 0.264 e. The van der Waals surface area contributed by atoms with Gasteiger partial charge in [0.15, 0.2) is 0 Å². The van der Waals surface area contributed by atoms with E-state index in [-0.39, 0.29) is 0 Å². The van der Waals surface area contributed by atoms with Crippen LogP contribution in [-0.2, 0) is 0 Å². The lowest BCUT2D eigenvalue weighted by atomic mass is 10.3. The quantitative estimate of drug-likeness (QED) is 0.732. The third-order valence-electron chi connectivity index (χ3n) is 0.922. The number of nitrogens with zero attached hydrogens (tertiary/aromatic N) is 1. The number of halogens is 1. The fourth-order valence-electron chi connectivity index (χ4n) is 0.455. The van der Waals surface area contributed by atoms with Crippen molar-refractivity contribution in [1.82, 2.24) is 4.98 Å². The molecule has 0 aliphatic rings. The largest absolute Gasteiger partial charge is 0.439 e. The molecular formula is C5H6BrNO2. The number of aliphatic hydroxyl groups excluding tert-OH is 1. The van der Waals surface area contributed by atoms with Crippen molar-refractivity contribution in [3.63, 3.8) is 0 Å². The van der Waals surface area contributed by atoms with Crippen molar-refractivity contribution in [3.8, 4) is 0 Å².